The number of fused-ring (bicyclic) bond motifs is 1. The summed E-state index contributed by atoms with van der Waals surface area (Å²) < 4.78 is 6.30. The van der Waals surface area contributed by atoms with Crippen LogP contribution in [0.2, 0.25) is 5.02 Å². The Bertz CT molecular complexity index is 1070. The Labute approximate surface area is 189 Å². The van der Waals surface area contributed by atoms with Gasteiger partial charge in [0.15, 0.2) is 0 Å². The summed E-state index contributed by atoms with van der Waals surface area (Å²) in [5.41, 5.74) is 3.07. The third-order valence-electron chi connectivity index (χ3n) is 6.78. The summed E-state index contributed by atoms with van der Waals surface area (Å²) in [6, 6.07) is 13.1. The Balaban J connectivity index is 1.49. The highest BCUT2D eigenvalue weighted by Crippen LogP contribution is 2.55. The molecule has 0 atom stereocenters. The van der Waals surface area contributed by atoms with Crippen molar-refractivity contribution in [2.45, 2.75) is 52.9 Å². The lowest BCUT2D eigenvalue weighted by Gasteiger charge is -2.63. The minimum absolute atomic E-state index is 0.0524. The van der Waals surface area contributed by atoms with Crippen molar-refractivity contribution in [1.82, 2.24) is 10.2 Å². The molecule has 1 N–H and O–H groups in total. The van der Waals surface area contributed by atoms with Gasteiger partial charge in [-0.05, 0) is 42.4 Å². The van der Waals surface area contributed by atoms with Crippen molar-refractivity contribution >= 4 is 17.5 Å². The van der Waals surface area contributed by atoms with Gasteiger partial charge in [-0.25, -0.2) is 0 Å². The summed E-state index contributed by atoms with van der Waals surface area (Å²) in [5, 5.41) is 12.7. The largest absolute Gasteiger partial charge is 0.489 e. The van der Waals surface area contributed by atoms with E-state index in [4.69, 9.17) is 21.6 Å². The zero-order valence-corrected chi connectivity index (χ0v) is 19.4. The fourth-order valence-corrected chi connectivity index (χ4v) is 5.73. The number of nitrogens with zero attached hydrogens (tertiary/aromatic N) is 2. The first-order valence-corrected chi connectivity index (χ1v) is 10.9. The van der Waals surface area contributed by atoms with E-state index in [0.29, 0.717) is 21.9 Å². The van der Waals surface area contributed by atoms with Gasteiger partial charge in [-0.15, -0.1) is 0 Å². The van der Waals surface area contributed by atoms with Crippen molar-refractivity contribution in [2.24, 2.45) is 10.8 Å². The Kier molecular flexibility index (Phi) is 5.28. The smallest absolute Gasteiger partial charge is 0.251 e. The molecule has 1 amide bonds. The third kappa shape index (κ3) is 3.69. The second-order valence-corrected chi connectivity index (χ2v) is 10.4. The van der Waals surface area contributed by atoms with Crippen molar-refractivity contribution < 1.29 is 9.53 Å². The maximum Gasteiger partial charge on any atom is 0.251 e. The maximum atomic E-state index is 13.1. The van der Waals surface area contributed by atoms with Crippen LogP contribution in [0.1, 0.15) is 54.7 Å². The molecule has 2 aromatic rings. The van der Waals surface area contributed by atoms with Gasteiger partial charge in [0.2, 0.25) is 0 Å². The van der Waals surface area contributed by atoms with Crippen LogP contribution in [-0.4, -0.2) is 30.0 Å². The molecule has 0 radical (unpaired) electrons. The number of ether oxygens (including phenoxy) is 1. The van der Waals surface area contributed by atoms with Crippen LogP contribution in [0, 0.1) is 22.2 Å². The molecule has 0 aromatic heterocycles. The molecule has 2 aliphatic rings. The normalized spacial score (nSPS) is 23.4. The molecular weight excluding hydrogens is 410 g/mol. The Morgan fingerprint density at radius 3 is 2.45 bits per heavy atom. The average Bonchev–Trinajstić information content (AvgIpc) is 3.08. The number of amides is 1. The monoisotopic (exact) mass is 437 g/mol. The van der Waals surface area contributed by atoms with Gasteiger partial charge in [0.05, 0.1) is 10.6 Å². The number of hydrogen-bond donors (Lipinski definition) is 1. The van der Waals surface area contributed by atoms with Crippen LogP contribution in [0.3, 0.4) is 0 Å². The first kappa shape index (κ1) is 21.7. The van der Waals surface area contributed by atoms with E-state index >= 15 is 0 Å². The molecule has 1 fully saturated rings. The van der Waals surface area contributed by atoms with E-state index in [1.54, 1.807) is 18.2 Å². The Morgan fingerprint density at radius 1 is 1.13 bits per heavy atom. The molecule has 1 heterocycles. The number of hydrogen-bond acceptors (Lipinski definition) is 4. The molecule has 1 aliphatic heterocycles. The van der Waals surface area contributed by atoms with Crippen molar-refractivity contribution in [3.05, 3.63) is 63.7 Å². The van der Waals surface area contributed by atoms with Crippen molar-refractivity contribution in [1.29, 1.82) is 5.26 Å². The number of benzene rings is 2. The van der Waals surface area contributed by atoms with Crippen LogP contribution in [0.15, 0.2) is 36.4 Å². The van der Waals surface area contributed by atoms with Gasteiger partial charge in [0.1, 0.15) is 17.9 Å². The van der Waals surface area contributed by atoms with Crippen LogP contribution >= 0.6 is 11.6 Å². The van der Waals surface area contributed by atoms with Crippen molar-refractivity contribution in [2.75, 3.05) is 7.05 Å². The first-order chi connectivity index (χ1) is 14.5. The summed E-state index contributed by atoms with van der Waals surface area (Å²) in [6.45, 7) is 10.2. The minimum atomic E-state index is -0.281. The summed E-state index contributed by atoms with van der Waals surface area (Å²) in [5.74, 6) is 0.575. The van der Waals surface area contributed by atoms with Crippen molar-refractivity contribution in [3.8, 4) is 11.8 Å². The molecule has 5 nitrogen and oxygen atoms in total. The van der Waals surface area contributed by atoms with Crippen LogP contribution < -0.4 is 10.1 Å². The Morgan fingerprint density at radius 2 is 1.81 bits per heavy atom. The number of halogens is 1. The van der Waals surface area contributed by atoms with E-state index < -0.39 is 0 Å². The highest BCUT2D eigenvalue weighted by molar-refractivity contribution is 6.31. The zero-order valence-electron chi connectivity index (χ0n) is 18.6. The molecule has 1 aliphatic carbocycles. The summed E-state index contributed by atoms with van der Waals surface area (Å²) in [7, 11) is 2.08. The molecule has 0 saturated heterocycles. The molecule has 0 unspecified atom stereocenters. The number of carbonyl (C=O) groups is 1. The van der Waals surface area contributed by atoms with E-state index in [1.165, 1.54) is 11.1 Å². The SMILES string of the molecule is CN1Cc2ccc(C(=O)N[C@H]3C(C)(C)[C@H](Oc4ccc(C#N)c(Cl)c4)C3(C)C)cc2C1. The van der Waals surface area contributed by atoms with E-state index in [1.807, 2.05) is 12.1 Å². The van der Waals surface area contributed by atoms with Crippen molar-refractivity contribution in [3.63, 3.8) is 0 Å². The molecular formula is C25H28ClN3O2. The Hall–Kier alpha value is -2.55. The van der Waals surface area contributed by atoms with E-state index in [0.717, 1.165) is 13.1 Å². The highest BCUT2D eigenvalue weighted by atomic mass is 35.5. The zero-order chi connectivity index (χ0) is 22.6. The minimum Gasteiger partial charge on any atom is -0.489 e. The number of rotatable bonds is 4. The van der Waals surface area contributed by atoms with Gasteiger partial charge in [0, 0.05) is 41.6 Å². The predicted octanol–water partition coefficient (Wildman–Crippen LogP) is 4.77. The topological polar surface area (TPSA) is 65.4 Å². The fraction of sp³-hybridized carbons (Fsp3) is 0.440. The molecule has 162 valence electrons. The summed E-state index contributed by atoms with van der Waals surface area (Å²) in [4.78, 5) is 15.3. The lowest BCUT2D eigenvalue weighted by Crippen LogP contribution is -2.74. The fourth-order valence-electron chi connectivity index (χ4n) is 5.52. The van der Waals surface area contributed by atoms with Gasteiger partial charge in [0.25, 0.3) is 5.91 Å². The predicted molar refractivity (Wildman–Crippen MR) is 121 cm³/mol. The standard InChI is InChI=1S/C25H28ClN3O2/c1-24(2)22(28-21(30)15-6-7-17-13-29(5)14-18(17)10-15)25(3,4)23(24)31-19-9-8-16(12-27)20(26)11-19/h6-11,22-23H,13-14H2,1-5H3,(H,28,30)/t22-,23-. The first-order valence-electron chi connectivity index (χ1n) is 10.5. The van der Waals surface area contributed by atoms with Crippen LogP contribution in [0.5, 0.6) is 5.75 Å². The van der Waals surface area contributed by atoms with Crippen LogP contribution in [-0.2, 0) is 13.1 Å². The van der Waals surface area contributed by atoms with Gasteiger partial charge in [-0.2, -0.15) is 5.26 Å². The van der Waals surface area contributed by atoms with Gasteiger partial charge < -0.3 is 10.1 Å². The quantitative estimate of drug-likeness (QED) is 0.748. The number of carbonyl (C=O) groups excluding carboxylic acids is 1. The highest BCUT2D eigenvalue weighted by Gasteiger charge is 2.64. The third-order valence-corrected chi connectivity index (χ3v) is 7.09. The lowest BCUT2D eigenvalue weighted by atomic mass is 9.49. The van der Waals surface area contributed by atoms with E-state index in [2.05, 4.69) is 57.1 Å². The van der Waals surface area contributed by atoms with Crippen LogP contribution in [0.4, 0.5) is 0 Å². The number of nitrogens with one attached hydrogen (secondary N) is 1. The molecule has 0 spiro atoms. The lowest BCUT2D eigenvalue weighted by molar-refractivity contribution is -0.164. The van der Waals surface area contributed by atoms with Gasteiger partial charge in [-0.1, -0.05) is 45.4 Å². The summed E-state index contributed by atoms with van der Waals surface area (Å²) >= 11 is 6.17. The van der Waals surface area contributed by atoms with Gasteiger partial charge >= 0.3 is 0 Å². The second kappa shape index (κ2) is 7.55. The van der Waals surface area contributed by atoms with Gasteiger partial charge in [-0.3, -0.25) is 9.69 Å². The molecule has 2 aromatic carbocycles. The summed E-state index contributed by atoms with van der Waals surface area (Å²) in [6.07, 6.45) is -0.122. The molecule has 0 bridgehead atoms. The molecule has 4 rings (SSSR count). The van der Waals surface area contributed by atoms with Crippen LogP contribution in [0.25, 0.3) is 0 Å². The second-order valence-electron chi connectivity index (χ2n) is 9.96. The molecule has 6 heteroatoms. The molecule has 1 saturated carbocycles. The number of nitriles is 1. The van der Waals surface area contributed by atoms with E-state index in [9.17, 15) is 4.79 Å². The average molecular weight is 438 g/mol. The van der Waals surface area contributed by atoms with E-state index in [-0.39, 0.29) is 28.9 Å². The maximum absolute atomic E-state index is 13.1. The molecule has 31 heavy (non-hydrogen) atoms.